The zero-order chi connectivity index (χ0) is 17.4. The van der Waals surface area contributed by atoms with Gasteiger partial charge >= 0.3 is 5.97 Å². The highest BCUT2D eigenvalue weighted by atomic mass is 32.2. The maximum Gasteiger partial charge on any atom is 0.311 e. The fourth-order valence-corrected chi connectivity index (χ4v) is 3.86. The number of benzene rings is 1. The number of carboxylic acid groups (broad SMARTS) is 1. The molecule has 0 aromatic heterocycles. The van der Waals surface area contributed by atoms with Crippen LogP contribution < -0.4 is 0 Å². The molecule has 0 bridgehead atoms. The molecule has 1 unspecified atom stereocenters. The molecule has 1 saturated heterocycles. The van der Waals surface area contributed by atoms with Gasteiger partial charge in [-0.05, 0) is 39.3 Å². The molecule has 0 saturated carbocycles. The molecule has 1 aromatic rings. The van der Waals surface area contributed by atoms with Crippen molar-refractivity contribution < 1.29 is 23.1 Å². The minimum Gasteiger partial charge on any atom is -0.481 e. The first-order valence-electron chi connectivity index (χ1n) is 7.45. The SMILES string of the molecule is CC(C)S(=O)(=O)c1ccccc1C(=O)N1CCC(C)(C(=O)O)C1. The lowest BCUT2D eigenvalue weighted by molar-refractivity contribution is -0.147. The number of carbonyl (C=O) groups excluding carboxylic acids is 1. The van der Waals surface area contributed by atoms with Crippen LogP contribution in [0.2, 0.25) is 0 Å². The lowest BCUT2D eigenvalue weighted by Gasteiger charge is -2.21. The number of likely N-dealkylation sites (tertiary alicyclic amines) is 1. The van der Waals surface area contributed by atoms with E-state index in [0.29, 0.717) is 13.0 Å². The standard InChI is InChI=1S/C16H21NO5S/c1-11(2)23(21,22)13-7-5-4-6-12(13)14(18)17-9-8-16(3,10-17)15(19)20/h4-7,11H,8-10H2,1-3H3,(H,19,20). The summed E-state index contributed by atoms with van der Waals surface area (Å²) in [5.74, 6) is -1.38. The predicted molar refractivity (Wildman–Crippen MR) is 85.0 cm³/mol. The van der Waals surface area contributed by atoms with Gasteiger partial charge in [-0.1, -0.05) is 12.1 Å². The normalized spacial score (nSPS) is 21.7. The summed E-state index contributed by atoms with van der Waals surface area (Å²) in [7, 11) is -3.59. The lowest BCUT2D eigenvalue weighted by Crippen LogP contribution is -2.35. The minimum absolute atomic E-state index is 0.00364. The van der Waals surface area contributed by atoms with E-state index in [0.717, 1.165) is 0 Å². The molecule has 1 N–H and O–H groups in total. The van der Waals surface area contributed by atoms with Gasteiger partial charge in [-0.15, -0.1) is 0 Å². The first-order chi connectivity index (χ1) is 10.6. The average Bonchev–Trinajstić information content (AvgIpc) is 2.90. The van der Waals surface area contributed by atoms with E-state index in [4.69, 9.17) is 0 Å². The maximum absolute atomic E-state index is 12.7. The van der Waals surface area contributed by atoms with Crippen LogP contribution in [0.15, 0.2) is 29.2 Å². The van der Waals surface area contributed by atoms with Crippen LogP contribution in [-0.2, 0) is 14.6 Å². The van der Waals surface area contributed by atoms with Crippen molar-refractivity contribution in [2.75, 3.05) is 13.1 Å². The largest absolute Gasteiger partial charge is 0.481 e. The van der Waals surface area contributed by atoms with Crippen molar-refractivity contribution in [1.82, 2.24) is 4.90 Å². The van der Waals surface area contributed by atoms with Crippen LogP contribution in [0.5, 0.6) is 0 Å². The van der Waals surface area contributed by atoms with Gasteiger partial charge in [-0.3, -0.25) is 9.59 Å². The minimum atomic E-state index is -3.59. The molecule has 23 heavy (non-hydrogen) atoms. The highest BCUT2D eigenvalue weighted by Crippen LogP contribution is 2.32. The Balaban J connectivity index is 2.38. The van der Waals surface area contributed by atoms with E-state index in [1.54, 1.807) is 32.9 Å². The van der Waals surface area contributed by atoms with Crippen LogP contribution in [0.25, 0.3) is 0 Å². The fraction of sp³-hybridized carbons (Fsp3) is 0.500. The van der Waals surface area contributed by atoms with Crippen molar-refractivity contribution in [3.63, 3.8) is 0 Å². The van der Waals surface area contributed by atoms with Crippen molar-refractivity contribution in [3.8, 4) is 0 Å². The highest BCUT2D eigenvalue weighted by Gasteiger charge is 2.43. The second-order valence-electron chi connectivity index (χ2n) is 6.43. The Morgan fingerprint density at radius 3 is 2.39 bits per heavy atom. The summed E-state index contributed by atoms with van der Waals surface area (Å²) in [5.41, 5.74) is -0.877. The third-order valence-corrected chi connectivity index (χ3v) is 6.53. The van der Waals surface area contributed by atoms with Crippen molar-refractivity contribution in [2.45, 2.75) is 37.3 Å². The molecule has 1 fully saturated rings. The monoisotopic (exact) mass is 339 g/mol. The van der Waals surface area contributed by atoms with E-state index in [1.807, 2.05) is 0 Å². The number of nitrogens with zero attached hydrogens (tertiary/aromatic N) is 1. The summed E-state index contributed by atoms with van der Waals surface area (Å²) in [5, 5.41) is 8.63. The molecule has 2 rings (SSSR count). The Bertz CT molecular complexity index is 741. The van der Waals surface area contributed by atoms with Gasteiger partial charge in [0.05, 0.1) is 21.1 Å². The van der Waals surface area contributed by atoms with Crippen LogP contribution in [0, 0.1) is 5.41 Å². The first kappa shape index (κ1) is 17.5. The van der Waals surface area contributed by atoms with E-state index < -0.39 is 32.4 Å². The number of rotatable bonds is 4. The zero-order valence-corrected chi connectivity index (χ0v) is 14.3. The van der Waals surface area contributed by atoms with E-state index >= 15 is 0 Å². The summed E-state index contributed by atoms with van der Waals surface area (Å²) in [6, 6.07) is 6.10. The molecule has 6 nitrogen and oxygen atoms in total. The van der Waals surface area contributed by atoms with Gasteiger partial charge in [0.15, 0.2) is 9.84 Å². The third-order valence-electron chi connectivity index (χ3n) is 4.32. The molecule has 126 valence electrons. The smallest absolute Gasteiger partial charge is 0.311 e. The Labute approximate surface area is 136 Å². The Morgan fingerprint density at radius 2 is 1.87 bits per heavy atom. The van der Waals surface area contributed by atoms with Crippen molar-refractivity contribution in [1.29, 1.82) is 0 Å². The summed E-state index contributed by atoms with van der Waals surface area (Å²) < 4.78 is 24.9. The molecule has 1 aromatic carbocycles. The molecule has 1 aliphatic rings. The van der Waals surface area contributed by atoms with Crippen molar-refractivity contribution >= 4 is 21.7 Å². The van der Waals surface area contributed by atoms with Gasteiger partial charge in [-0.2, -0.15) is 0 Å². The van der Waals surface area contributed by atoms with E-state index in [2.05, 4.69) is 0 Å². The molecule has 1 aliphatic heterocycles. The van der Waals surface area contributed by atoms with Crippen molar-refractivity contribution in [2.24, 2.45) is 5.41 Å². The second kappa shape index (κ2) is 5.96. The molecule has 0 radical (unpaired) electrons. The number of carboxylic acids is 1. The molecule has 0 aliphatic carbocycles. The number of sulfone groups is 1. The molecule has 7 heteroatoms. The molecule has 1 atom stereocenters. The van der Waals surface area contributed by atoms with Crippen LogP contribution in [-0.4, -0.2) is 48.6 Å². The van der Waals surface area contributed by atoms with E-state index in [1.165, 1.54) is 17.0 Å². The van der Waals surface area contributed by atoms with Crippen LogP contribution in [0.3, 0.4) is 0 Å². The second-order valence-corrected chi connectivity index (χ2v) is 8.91. The Morgan fingerprint density at radius 1 is 1.26 bits per heavy atom. The van der Waals surface area contributed by atoms with Gasteiger partial charge < -0.3 is 10.0 Å². The molecule has 0 spiro atoms. The van der Waals surface area contributed by atoms with Gasteiger partial charge in [-0.25, -0.2) is 8.42 Å². The lowest BCUT2D eigenvalue weighted by atomic mass is 9.90. The summed E-state index contributed by atoms with van der Waals surface area (Å²) >= 11 is 0. The van der Waals surface area contributed by atoms with Gasteiger partial charge in [0.2, 0.25) is 0 Å². The zero-order valence-electron chi connectivity index (χ0n) is 13.4. The summed E-state index contributed by atoms with van der Waals surface area (Å²) in [4.78, 5) is 25.4. The van der Waals surface area contributed by atoms with Gasteiger partial charge in [0.25, 0.3) is 5.91 Å². The summed E-state index contributed by atoms with van der Waals surface area (Å²) in [6.45, 7) is 5.11. The maximum atomic E-state index is 12.7. The van der Waals surface area contributed by atoms with E-state index in [9.17, 15) is 23.1 Å². The first-order valence-corrected chi connectivity index (χ1v) is 9.00. The molecular formula is C16H21NO5S. The van der Waals surface area contributed by atoms with Crippen LogP contribution in [0.4, 0.5) is 0 Å². The topological polar surface area (TPSA) is 91.8 Å². The third kappa shape index (κ3) is 3.10. The number of hydrogen-bond donors (Lipinski definition) is 1. The predicted octanol–water partition coefficient (Wildman–Crippen LogP) is 1.81. The van der Waals surface area contributed by atoms with Crippen LogP contribution >= 0.6 is 0 Å². The van der Waals surface area contributed by atoms with E-state index in [-0.39, 0.29) is 17.0 Å². The average molecular weight is 339 g/mol. The number of aliphatic carboxylic acids is 1. The summed E-state index contributed by atoms with van der Waals surface area (Å²) in [6.07, 6.45) is 0.354. The van der Waals surface area contributed by atoms with Gasteiger partial charge in [0, 0.05) is 13.1 Å². The van der Waals surface area contributed by atoms with Crippen LogP contribution in [0.1, 0.15) is 37.6 Å². The number of carbonyl (C=O) groups is 2. The highest BCUT2D eigenvalue weighted by molar-refractivity contribution is 7.92. The number of amides is 1. The number of hydrogen-bond acceptors (Lipinski definition) is 4. The quantitative estimate of drug-likeness (QED) is 0.903. The fourth-order valence-electron chi connectivity index (χ4n) is 2.62. The Kier molecular flexibility index (Phi) is 4.52. The van der Waals surface area contributed by atoms with Crippen molar-refractivity contribution in [3.05, 3.63) is 29.8 Å². The molecular weight excluding hydrogens is 318 g/mol. The molecule has 1 heterocycles. The van der Waals surface area contributed by atoms with Gasteiger partial charge in [0.1, 0.15) is 0 Å². The Hall–Kier alpha value is -1.89. The molecule has 1 amide bonds.